The van der Waals surface area contributed by atoms with Crippen molar-refractivity contribution in [2.45, 2.75) is 31.6 Å². The summed E-state index contributed by atoms with van der Waals surface area (Å²) in [5.74, 6) is -0.0123. The summed E-state index contributed by atoms with van der Waals surface area (Å²) in [4.78, 5) is 8.88. The molecule has 0 radical (unpaired) electrons. The summed E-state index contributed by atoms with van der Waals surface area (Å²) in [6.45, 7) is -0.442. The lowest BCUT2D eigenvalue weighted by molar-refractivity contribution is -0.148. The number of hydrogen-bond acceptors (Lipinski definition) is 4. The van der Waals surface area contributed by atoms with Crippen molar-refractivity contribution in [1.29, 1.82) is 0 Å². The van der Waals surface area contributed by atoms with E-state index in [1.165, 1.54) is 21.7 Å². The summed E-state index contributed by atoms with van der Waals surface area (Å²) in [6.07, 6.45) is -7.49. The summed E-state index contributed by atoms with van der Waals surface area (Å²) < 4.78 is 78.7. The highest BCUT2D eigenvalue weighted by atomic mass is 19.4. The Morgan fingerprint density at radius 2 is 1.62 bits per heavy atom. The zero-order valence-corrected chi connectivity index (χ0v) is 19.4. The third-order valence-corrected chi connectivity index (χ3v) is 6.62. The van der Waals surface area contributed by atoms with E-state index < -0.39 is 24.5 Å². The first-order valence-corrected chi connectivity index (χ1v) is 11.7. The van der Waals surface area contributed by atoms with Gasteiger partial charge in [0.05, 0.1) is 23.1 Å². The molecule has 1 fully saturated rings. The van der Waals surface area contributed by atoms with Crippen molar-refractivity contribution < 1.29 is 31.4 Å². The largest absolute Gasteiger partial charge is 0.493 e. The van der Waals surface area contributed by atoms with E-state index in [-0.39, 0.29) is 30.8 Å². The topological polar surface area (TPSA) is 70.0 Å². The van der Waals surface area contributed by atoms with E-state index in [1.54, 1.807) is 18.2 Å². The second kappa shape index (κ2) is 9.40. The van der Waals surface area contributed by atoms with Gasteiger partial charge >= 0.3 is 12.4 Å². The number of likely N-dealkylation sites (tertiary alicyclic amines) is 1. The second-order valence-corrected chi connectivity index (χ2v) is 9.25. The summed E-state index contributed by atoms with van der Waals surface area (Å²) in [5, 5.41) is 15.7. The van der Waals surface area contributed by atoms with E-state index in [2.05, 4.69) is 15.1 Å². The van der Waals surface area contributed by atoms with E-state index in [4.69, 9.17) is 0 Å². The maximum Gasteiger partial charge on any atom is 0.416 e. The van der Waals surface area contributed by atoms with Gasteiger partial charge in [-0.25, -0.2) is 4.98 Å². The molecule has 196 valence electrons. The quantitative estimate of drug-likeness (QED) is 0.317. The Labute approximate surface area is 207 Å². The predicted octanol–water partition coefficient (Wildman–Crippen LogP) is 5.96. The Morgan fingerprint density at radius 3 is 2.24 bits per heavy atom. The van der Waals surface area contributed by atoms with Gasteiger partial charge in [-0.05, 0) is 62.5 Å². The number of halogens is 6. The molecule has 0 bridgehead atoms. The highest BCUT2D eigenvalue weighted by molar-refractivity contribution is 5.76. The van der Waals surface area contributed by atoms with Crippen LogP contribution in [0.5, 0.6) is 5.88 Å². The number of rotatable bonds is 5. The van der Waals surface area contributed by atoms with E-state index in [0.717, 1.165) is 12.1 Å². The molecule has 6 nitrogen and oxygen atoms in total. The molecule has 2 aromatic heterocycles. The van der Waals surface area contributed by atoms with Crippen LogP contribution in [-0.4, -0.2) is 55.6 Å². The maximum absolute atomic E-state index is 13.1. The molecule has 1 saturated heterocycles. The van der Waals surface area contributed by atoms with Crippen molar-refractivity contribution in [3.8, 4) is 23.1 Å². The smallest absolute Gasteiger partial charge is 0.416 e. The first kappa shape index (κ1) is 25.1. The minimum atomic E-state index is -4.50. The molecule has 2 N–H and O–H groups in total. The van der Waals surface area contributed by atoms with Gasteiger partial charge in [0.2, 0.25) is 11.8 Å². The fraction of sp³-hybridized carbons (Fsp3) is 0.360. The van der Waals surface area contributed by atoms with Crippen molar-refractivity contribution in [3.63, 3.8) is 0 Å². The minimum absolute atomic E-state index is 0.0306. The van der Waals surface area contributed by atoms with Crippen LogP contribution in [0, 0.1) is 5.92 Å². The van der Waals surface area contributed by atoms with Crippen LogP contribution in [0.1, 0.15) is 24.0 Å². The van der Waals surface area contributed by atoms with Gasteiger partial charge in [-0.3, -0.25) is 4.90 Å². The van der Waals surface area contributed by atoms with E-state index in [0.29, 0.717) is 47.1 Å². The first-order valence-electron chi connectivity index (χ1n) is 11.7. The van der Waals surface area contributed by atoms with Gasteiger partial charge in [0.1, 0.15) is 5.69 Å². The van der Waals surface area contributed by atoms with Gasteiger partial charge in [0.25, 0.3) is 0 Å². The zero-order chi connectivity index (χ0) is 26.4. The molecule has 12 heteroatoms. The lowest BCUT2D eigenvalue weighted by Crippen LogP contribution is -2.40. The molecule has 2 aromatic carbocycles. The molecule has 0 unspecified atom stereocenters. The number of para-hydroxylation sites is 2. The predicted molar refractivity (Wildman–Crippen MR) is 124 cm³/mol. The van der Waals surface area contributed by atoms with Crippen LogP contribution in [0.25, 0.3) is 28.2 Å². The third-order valence-electron chi connectivity index (χ3n) is 6.62. The summed E-state index contributed by atoms with van der Waals surface area (Å²) in [7, 11) is 0. The highest BCUT2D eigenvalue weighted by Gasteiger charge is 2.34. The van der Waals surface area contributed by atoms with Crippen molar-refractivity contribution in [3.05, 3.63) is 59.7 Å². The van der Waals surface area contributed by atoms with Crippen LogP contribution in [0.3, 0.4) is 0 Å². The van der Waals surface area contributed by atoms with Crippen molar-refractivity contribution >= 4 is 11.0 Å². The Balaban J connectivity index is 1.48. The molecule has 3 heterocycles. The Kier molecular flexibility index (Phi) is 6.38. The number of nitrogens with zero attached hydrogens (tertiary/aromatic N) is 4. The lowest BCUT2D eigenvalue weighted by atomic mass is 9.89. The monoisotopic (exact) mass is 523 g/mol. The van der Waals surface area contributed by atoms with Crippen molar-refractivity contribution in [1.82, 2.24) is 24.6 Å². The van der Waals surface area contributed by atoms with Crippen molar-refractivity contribution in [2.24, 2.45) is 5.92 Å². The zero-order valence-electron chi connectivity index (χ0n) is 19.4. The molecule has 4 aromatic rings. The molecule has 1 aliphatic heterocycles. The molecular formula is C25H23F6N5O. The van der Waals surface area contributed by atoms with Gasteiger partial charge in [-0.1, -0.05) is 24.3 Å². The number of aromatic nitrogens is 4. The molecule has 0 spiro atoms. The second-order valence-electron chi connectivity index (χ2n) is 9.25. The number of aromatic amines is 1. The van der Waals surface area contributed by atoms with E-state index >= 15 is 0 Å². The number of aromatic hydroxyl groups is 1. The molecule has 0 aliphatic carbocycles. The Bertz CT molecular complexity index is 1350. The Morgan fingerprint density at radius 1 is 0.946 bits per heavy atom. The standard InChI is InChI=1S/C25H23F6N5O/c26-24(27,28)14-35-11-9-15(10-12-35)13-18-21(16-5-7-17(8-6-16)25(29,30)31)34-36(22(18)37)23-32-19-3-1-2-4-20(19)33-23/h1-8,15,37H,9-14H2,(H,32,33). The average Bonchev–Trinajstić information content (AvgIpc) is 3.40. The van der Waals surface area contributed by atoms with Crippen LogP contribution < -0.4 is 0 Å². The minimum Gasteiger partial charge on any atom is -0.493 e. The molecule has 5 rings (SSSR count). The van der Waals surface area contributed by atoms with Gasteiger partial charge < -0.3 is 10.1 Å². The number of hydrogen-bond donors (Lipinski definition) is 2. The number of alkyl halides is 6. The molecule has 0 amide bonds. The number of fused-ring (bicyclic) bond motifs is 1. The summed E-state index contributed by atoms with van der Waals surface area (Å²) in [6, 6.07) is 11.7. The van der Waals surface area contributed by atoms with Gasteiger partial charge in [-0.15, -0.1) is 0 Å². The molecule has 0 saturated carbocycles. The van der Waals surface area contributed by atoms with Gasteiger partial charge in [0.15, 0.2) is 0 Å². The van der Waals surface area contributed by atoms with E-state index in [1.807, 2.05) is 6.07 Å². The lowest BCUT2D eigenvalue weighted by Gasteiger charge is -2.32. The van der Waals surface area contributed by atoms with Gasteiger partial charge in [0, 0.05) is 11.1 Å². The van der Waals surface area contributed by atoms with Crippen LogP contribution in [0.15, 0.2) is 48.5 Å². The number of piperidine rings is 1. The molecule has 1 aliphatic rings. The SMILES string of the molecule is Oc1c(CC2CCN(CC(F)(F)F)CC2)c(-c2ccc(C(F)(F)F)cc2)nn1-c1nc2ccccc2[nH]1. The highest BCUT2D eigenvalue weighted by Crippen LogP contribution is 2.37. The first-order chi connectivity index (χ1) is 17.5. The van der Waals surface area contributed by atoms with Crippen LogP contribution in [0.2, 0.25) is 0 Å². The van der Waals surface area contributed by atoms with Crippen LogP contribution >= 0.6 is 0 Å². The normalized spacial score (nSPS) is 16.1. The van der Waals surface area contributed by atoms with E-state index in [9.17, 15) is 31.4 Å². The van der Waals surface area contributed by atoms with Crippen molar-refractivity contribution in [2.75, 3.05) is 19.6 Å². The third kappa shape index (κ3) is 5.43. The molecular weight excluding hydrogens is 500 g/mol. The number of benzene rings is 2. The van der Waals surface area contributed by atoms with Crippen LogP contribution in [0.4, 0.5) is 26.3 Å². The maximum atomic E-state index is 13.1. The number of nitrogens with one attached hydrogen (secondary N) is 1. The summed E-state index contributed by atoms with van der Waals surface area (Å²) in [5.41, 5.74) is 1.63. The fourth-order valence-corrected chi connectivity index (χ4v) is 4.76. The fourth-order valence-electron chi connectivity index (χ4n) is 4.76. The average molecular weight is 523 g/mol. The summed E-state index contributed by atoms with van der Waals surface area (Å²) >= 11 is 0. The number of H-pyrrole nitrogens is 1. The van der Waals surface area contributed by atoms with Gasteiger partial charge in [-0.2, -0.15) is 36.1 Å². The number of imidazole rings is 1. The molecule has 37 heavy (non-hydrogen) atoms. The Hall–Kier alpha value is -3.54. The molecule has 0 atom stereocenters. The van der Waals surface area contributed by atoms with Crippen LogP contribution in [-0.2, 0) is 12.6 Å².